The normalized spacial score (nSPS) is 20.1. The maximum Gasteiger partial charge on any atom is 0.124 e. The molecule has 2 rings (SSSR count). The molecule has 1 atom stereocenters. The van der Waals surface area contributed by atoms with Crippen molar-refractivity contribution in [1.82, 2.24) is 4.90 Å². The number of likely N-dealkylation sites (tertiary alicyclic amines) is 1. The molecular formula is C14H21Cl2FN2. The van der Waals surface area contributed by atoms with Crippen LogP contribution in [0.1, 0.15) is 24.8 Å². The number of halogens is 3. The average Bonchev–Trinajstić information content (AvgIpc) is 2.34. The van der Waals surface area contributed by atoms with Crippen molar-refractivity contribution in [1.29, 1.82) is 0 Å². The van der Waals surface area contributed by atoms with Crippen molar-refractivity contribution < 1.29 is 4.39 Å². The van der Waals surface area contributed by atoms with Crippen LogP contribution >= 0.6 is 24.0 Å². The Balaban J connectivity index is 0.00000180. The minimum atomic E-state index is -0.275. The van der Waals surface area contributed by atoms with Gasteiger partial charge in [0.25, 0.3) is 0 Å². The van der Waals surface area contributed by atoms with Crippen molar-refractivity contribution in [2.75, 3.05) is 19.6 Å². The van der Waals surface area contributed by atoms with Crippen LogP contribution in [0.25, 0.3) is 0 Å². The lowest BCUT2D eigenvalue weighted by Gasteiger charge is -2.32. The molecule has 2 N–H and O–H groups in total. The molecule has 0 saturated carbocycles. The van der Waals surface area contributed by atoms with E-state index in [2.05, 4.69) is 4.90 Å². The van der Waals surface area contributed by atoms with Gasteiger partial charge in [-0.25, -0.2) is 4.39 Å². The predicted octanol–water partition coefficient (Wildman–Crippen LogP) is 3.46. The highest BCUT2D eigenvalue weighted by Gasteiger charge is 2.19. The van der Waals surface area contributed by atoms with Gasteiger partial charge in [0.1, 0.15) is 5.82 Å². The van der Waals surface area contributed by atoms with Crippen molar-refractivity contribution in [3.8, 4) is 0 Å². The summed E-state index contributed by atoms with van der Waals surface area (Å²) in [6.07, 6.45) is 3.57. The molecular weight excluding hydrogens is 286 g/mol. The average molecular weight is 307 g/mol. The standard InChI is InChI=1S/C14H20ClFN2.ClH/c15-14-8-13(16)4-3-12(14)10-18-7-1-2-11(9-18)5-6-17;/h3-4,8,11H,1-2,5-7,9-10,17H2;1H. The third-order valence-electron chi connectivity index (χ3n) is 3.59. The molecule has 2 nitrogen and oxygen atoms in total. The first-order chi connectivity index (χ1) is 8.69. The zero-order valence-electron chi connectivity index (χ0n) is 10.9. The van der Waals surface area contributed by atoms with Gasteiger partial charge >= 0.3 is 0 Å². The molecule has 1 aliphatic heterocycles. The van der Waals surface area contributed by atoms with Crippen LogP contribution in [-0.4, -0.2) is 24.5 Å². The van der Waals surface area contributed by atoms with Crippen molar-refractivity contribution in [3.05, 3.63) is 34.6 Å². The topological polar surface area (TPSA) is 29.3 Å². The Morgan fingerprint density at radius 3 is 2.89 bits per heavy atom. The SMILES string of the molecule is Cl.NCCC1CCCN(Cc2ccc(F)cc2Cl)C1. The highest BCUT2D eigenvalue weighted by Crippen LogP contribution is 2.24. The lowest BCUT2D eigenvalue weighted by atomic mass is 9.94. The summed E-state index contributed by atoms with van der Waals surface area (Å²) < 4.78 is 13.0. The van der Waals surface area contributed by atoms with E-state index < -0.39 is 0 Å². The molecule has 1 aromatic carbocycles. The van der Waals surface area contributed by atoms with Gasteiger partial charge in [-0.05, 0) is 56.0 Å². The number of piperidine rings is 1. The Morgan fingerprint density at radius 1 is 1.42 bits per heavy atom. The van der Waals surface area contributed by atoms with Crippen LogP contribution < -0.4 is 5.73 Å². The van der Waals surface area contributed by atoms with E-state index in [0.717, 1.165) is 38.2 Å². The monoisotopic (exact) mass is 306 g/mol. The fourth-order valence-electron chi connectivity index (χ4n) is 2.66. The molecule has 0 aromatic heterocycles. The Hall–Kier alpha value is -0.350. The Morgan fingerprint density at radius 2 is 2.21 bits per heavy atom. The number of rotatable bonds is 4. The summed E-state index contributed by atoms with van der Waals surface area (Å²) >= 11 is 6.06. The molecule has 1 aromatic rings. The predicted molar refractivity (Wildman–Crippen MR) is 80.3 cm³/mol. The molecule has 108 valence electrons. The summed E-state index contributed by atoms with van der Waals surface area (Å²) in [5.41, 5.74) is 6.62. The van der Waals surface area contributed by atoms with Crippen molar-refractivity contribution >= 4 is 24.0 Å². The first kappa shape index (κ1) is 16.7. The number of hydrogen-bond acceptors (Lipinski definition) is 2. The van der Waals surface area contributed by atoms with Crippen LogP contribution in [0.5, 0.6) is 0 Å². The van der Waals surface area contributed by atoms with Crippen molar-refractivity contribution in [2.24, 2.45) is 11.7 Å². The van der Waals surface area contributed by atoms with Gasteiger partial charge in [-0.3, -0.25) is 4.90 Å². The third-order valence-corrected chi connectivity index (χ3v) is 3.94. The highest BCUT2D eigenvalue weighted by molar-refractivity contribution is 6.31. The fourth-order valence-corrected chi connectivity index (χ4v) is 2.88. The lowest BCUT2D eigenvalue weighted by molar-refractivity contribution is 0.163. The van der Waals surface area contributed by atoms with Gasteiger partial charge < -0.3 is 5.73 Å². The van der Waals surface area contributed by atoms with Crippen LogP contribution in [0.4, 0.5) is 4.39 Å². The first-order valence-electron chi connectivity index (χ1n) is 6.55. The maximum atomic E-state index is 13.0. The van der Waals surface area contributed by atoms with Crippen LogP contribution in [0.15, 0.2) is 18.2 Å². The van der Waals surface area contributed by atoms with Gasteiger partial charge in [-0.2, -0.15) is 0 Å². The summed E-state index contributed by atoms with van der Waals surface area (Å²) in [6, 6.07) is 4.64. The largest absolute Gasteiger partial charge is 0.330 e. The van der Waals surface area contributed by atoms with E-state index in [1.807, 2.05) is 0 Å². The summed E-state index contributed by atoms with van der Waals surface area (Å²) in [6.45, 7) is 3.73. The van der Waals surface area contributed by atoms with Gasteiger partial charge in [0.05, 0.1) is 0 Å². The van der Waals surface area contributed by atoms with Crippen LogP contribution in [0.2, 0.25) is 5.02 Å². The molecule has 19 heavy (non-hydrogen) atoms. The minimum absolute atomic E-state index is 0. The van der Waals surface area contributed by atoms with Gasteiger partial charge in [-0.15, -0.1) is 12.4 Å². The van der Waals surface area contributed by atoms with Gasteiger partial charge in [0.15, 0.2) is 0 Å². The molecule has 1 heterocycles. The van der Waals surface area contributed by atoms with Crippen LogP contribution in [-0.2, 0) is 6.54 Å². The molecule has 0 radical (unpaired) electrons. The van der Waals surface area contributed by atoms with Gasteiger partial charge in [-0.1, -0.05) is 17.7 Å². The second-order valence-corrected chi connectivity index (χ2v) is 5.46. The summed E-state index contributed by atoms with van der Waals surface area (Å²) in [4.78, 5) is 2.39. The van der Waals surface area contributed by atoms with Crippen molar-refractivity contribution in [2.45, 2.75) is 25.8 Å². The third kappa shape index (κ3) is 4.92. The van der Waals surface area contributed by atoms with E-state index in [9.17, 15) is 4.39 Å². The smallest absolute Gasteiger partial charge is 0.124 e. The fraction of sp³-hybridized carbons (Fsp3) is 0.571. The van der Waals surface area contributed by atoms with E-state index in [4.69, 9.17) is 17.3 Å². The molecule has 1 unspecified atom stereocenters. The summed E-state index contributed by atoms with van der Waals surface area (Å²) in [5, 5.41) is 0.524. The van der Waals surface area contributed by atoms with Gasteiger partial charge in [0, 0.05) is 18.1 Å². The zero-order valence-corrected chi connectivity index (χ0v) is 12.5. The molecule has 0 bridgehead atoms. The quantitative estimate of drug-likeness (QED) is 0.923. The van der Waals surface area contributed by atoms with Crippen LogP contribution in [0, 0.1) is 11.7 Å². The zero-order chi connectivity index (χ0) is 13.0. The molecule has 0 spiro atoms. The molecule has 0 amide bonds. The molecule has 5 heteroatoms. The van der Waals surface area contributed by atoms with E-state index in [-0.39, 0.29) is 18.2 Å². The highest BCUT2D eigenvalue weighted by atomic mass is 35.5. The Bertz CT molecular complexity index is 399. The summed E-state index contributed by atoms with van der Waals surface area (Å²) in [7, 11) is 0. The minimum Gasteiger partial charge on any atom is -0.330 e. The number of hydrogen-bond donors (Lipinski definition) is 1. The second-order valence-electron chi connectivity index (χ2n) is 5.06. The van der Waals surface area contributed by atoms with Gasteiger partial charge in [0.2, 0.25) is 0 Å². The molecule has 1 aliphatic rings. The van der Waals surface area contributed by atoms with E-state index in [0.29, 0.717) is 10.9 Å². The van der Waals surface area contributed by atoms with Crippen LogP contribution in [0.3, 0.4) is 0 Å². The number of nitrogens with zero attached hydrogens (tertiary/aromatic N) is 1. The molecule has 1 fully saturated rings. The second kappa shape index (κ2) is 8.05. The molecule has 1 saturated heterocycles. The molecule has 0 aliphatic carbocycles. The van der Waals surface area contributed by atoms with Crippen molar-refractivity contribution in [3.63, 3.8) is 0 Å². The number of nitrogens with two attached hydrogens (primary N) is 1. The first-order valence-corrected chi connectivity index (χ1v) is 6.93. The van der Waals surface area contributed by atoms with E-state index >= 15 is 0 Å². The Kier molecular flexibility index (Phi) is 7.08. The summed E-state index contributed by atoms with van der Waals surface area (Å²) in [5.74, 6) is 0.423. The van der Waals surface area contributed by atoms with E-state index in [1.54, 1.807) is 6.07 Å². The van der Waals surface area contributed by atoms with E-state index in [1.165, 1.54) is 25.0 Å². The maximum absolute atomic E-state index is 13.0. The number of benzene rings is 1. The lowest BCUT2D eigenvalue weighted by Crippen LogP contribution is -2.35. The Labute approximate surface area is 125 Å².